The average Bonchev–Trinajstić information content (AvgIpc) is 3.42. The van der Waals surface area contributed by atoms with Gasteiger partial charge in [-0.1, -0.05) is 30.3 Å². The molecule has 0 unspecified atom stereocenters. The van der Waals surface area contributed by atoms with Crippen LogP contribution >= 0.6 is 11.3 Å². The van der Waals surface area contributed by atoms with Crippen molar-refractivity contribution >= 4 is 38.1 Å². The van der Waals surface area contributed by atoms with E-state index >= 15 is 0 Å². The summed E-state index contributed by atoms with van der Waals surface area (Å²) in [4.78, 5) is 16.4. The molecule has 0 amide bonds. The summed E-state index contributed by atoms with van der Waals surface area (Å²) >= 11 is 1.27. The van der Waals surface area contributed by atoms with E-state index in [9.17, 15) is 13.2 Å². The molecule has 2 aromatic carbocycles. The highest BCUT2D eigenvalue weighted by Crippen LogP contribution is 2.34. The van der Waals surface area contributed by atoms with Crippen LogP contribution in [0.4, 0.5) is 0 Å². The van der Waals surface area contributed by atoms with Crippen molar-refractivity contribution < 1.29 is 17.9 Å². The quantitative estimate of drug-likeness (QED) is 0.547. The molecule has 1 saturated carbocycles. The van der Waals surface area contributed by atoms with Crippen molar-refractivity contribution in [3.8, 4) is 0 Å². The number of ether oxygens (including phenoxy) is 1. The van der Waals surface area contributed by atoms with Gasteiger partial charge < -0.3 is 4.74 Å². The summed E-state index contributed by atoms with van der Waals surface area (Å²) < 4.78 is 33.1. The number of thiazole rings is 1. The van der Waals surface area contributed by atoms with Gasteiger partial charge in [-0.3, -0.25) is 0 Å². The third kappa shape index (κ3) is 3.80. The maximum absolute atomic E-state index is 13.3. The van der Waals surface area contributed by atoms with E-state index in [1.54, 1.807) is 24.4 Å². The summed E-state index contributed by atoms with van der Waals surface area (Å²) in [6.45, 7) is 2.16. The van der Waals surface area contributed by atoms with Crippen LogP contribution in [-0.2, 0) is 21.3 Å². The molecule has 0 spiro atoms. The second-order valence-electron chi connectivity index (χ2n) is 6.64. The number of esters is 1. The van der Waals surface area contributed by atoms with Crippen LogP contribution in [0.3, 0.4) is 0 Å². The molecular formula is C20H20N2O4S2. The molecule has 1 aromatic heterocycles. The van der Waals surface area contributed by atoms with Crippen LogP contribution < -0.4 is 0 Å². The zero-order chi connectivity index (χ0) is 19.7. The van der Waals surface area contributed by atoms with E-state index in [0.717, 1.165) is 23.6 Å². The molecule has 0 aliphatic heterocycles. The number of carbonyl (C=O) groups is 1. The number of carbonyl (C=O) groups excluding carboxylic acids is 1. The van der Waals surface area contributed by atoms with Gasteiger partial charge in [-0.2, -0.15) is 4.31 Å². The number of aromatic nitrogens is 1. The molecule has 28 heavy (non-hydrogen) atoms. The van der Waals surface area contributed by atoms with Gasteiger partial charge in [0.1, 0.15) is 5.01 Å². The highest BCUT2D eigenvalue weighted by molar-refractivity contribution is 7.89. The van der Waals surface area contributed by atoms with E-state index in [1.165, 1.54) is 15.6 Å². The predicted molar refractivity (Wildman–Crippen MR) is 108 cm³/mol. The minimum Gasteiger partial charge on any atom is -0.461 e. The Kier molecular flexibility index (Phi) is 5.18. The van der Waals surface area contributed by atoms with Crippen LogP contribution in [0.15, 0.2) is 52.7 Å². The predicted octanol–water partition coefficient (Wildman–Crippen LogP) is 3.83. The molecule has 1 aliphatic rings. The molecule has 6 nitrogen and oxygen atoms in total. The molecule has 146 valence electrons. The number of hydrogen-bond acceptors (Lipinski definition) is 6. The fourth-order valence-electron chi connectivity index (χ4n) is 3.05. The first-order valence-corrected chi connectivity index (χ1v) is 11.4. The van der Waals surface area contributed by atoms with Gasteiger partial charge in [0, 0.05) is 11.4 Å². The molecule has 1 aliphatic carbocycles. The summed E-state index contributed by atoms with van der Waals surface area (Å²) in [5, 5.41) is 4.08. The minimum absolute atomic E-state index is 0.0218. The molecule has 3 aromatic rings. The normalized spacial score (nSPS) is 14.5. The summed E-state index contributed by atoms with van der Waals surface area (Å²) in [5.41, 5.74) is 0.223. The Balaban J connectivity index is 1.62. The molecule has 4 rings (SSSR count). The molecule has 0 bridgehead atoms. The monoisotopic (exact) mass is 416 g/mol. The van der Waals surface area contributed by atoms with Crippen molar-refractivity contribution in [2.75, 3.05) is 6.61 Å². The van der Waals surface area contributed by atoms with Crippen LogP contribution in [0.5, 0.6) is 0 Å². The fraction of sp³-hybridized carbons (Fsp3) is 0.300. The first-order valence-electron chi connectivity index (χ1n) is 9.11. The second kappa shape index (κ2) is 7.62. The van der Waals surface area contributed by atoms with Gasteiger partial charge in [0.05, 0.1) is 18.0 Å². The lowest BCUT2D eigenvalue weighted by Crippen LogP contribution is -2.32. The lowest BCUT2D eigenvalue weighted by atomic mass is 10.1. The van der Waals surface area contributed by atoms with Gasteiger partial charge in [-0.25, -0.2) is 18.2 Å². The molecule has 0 saturated heterocycles. The molecule has 1 fully saturated rings. The summed E-state index contributed by atoms with van der Waals surface area (Å²) in [6.07, 6.45) is 1.67. The number of nitrogens with zero attached hydrogens (tertiary/aromatic N) is 2. The molecule has 1 heterocycles. The van der Waals surface area contributed by atoms with Crippen molar-refractivity contribution in [3.05, 3.63) is 58.5 Å². The Morgan fingerprint density at radius 2 is 1.96 bits per heavy atom. The number of rotatable bonds is 7. The number of hydrogen-bond donors (Lipinski definition) is 0. The Morgan fingerprint density at radius 3 is 2.68 bits per heavy atom. The molecular weight excluding hydrogens is 396 g/mol. The maximum Gasteiger partial charge on any atom is 0.357 e. The third-order valence-corrected chi connectivity index (χ3v) is 7.34. The summed E-state index contributed by atoms with van der Waals surface area (Å²) in [6, 6.07) is 12.9. The number of fused-ring (bicyclic) bond motifs is 1. The zero-order valence-electron chi connectivity index (χ0n) is 15.4. The minimum atomic E-state index is -3.66. The number of benzene rings is 2. The van der Waals surface area contributed by atoms with Crippen LogP contribution in [0.2, 0.25) is 0 Å². The average molecular weight is 417 g/mol. The van der Waals surface area contributed by atoms with E-state index in [1.807, 2.05) is 30.3 Å². The second-order valence-corrected chi connectivity index (χ2v) is 9.47. The van der Waals surface area contributed by atoms with Gasteiger partial charge in [-0.05, 0) is 42.7 Å². The molecule has 0 radical (unpaired) electrons. The van der Waals surface area contributed by atoms with Crippen molar-refractivity contribution in [1.82, 2.24) is 9.29 Å². The Hall–Kier alpha value is -2.29. The summed E-state index contributed by atoms with van der Waals surface area (Å²) in [5.74, 6) is -0.486. The van der Waals surface area contributed by atoms with E-state index in [4.69, 9.17) is 4.74 Å². The first-order chi connectivity index (χ1) is 13.5. The van der Waals surface area contributed by atoms with Gasteiger partial charge in [0.15, 0.2) is 5.69 Å². The Labute approximate surface area is 167 Å². The lowest BCUT2D eigenvalue weighted by molar-refractivity contribution is 0.0520. The molecule has 0 N–H and O–H groups in total. The van der Waals surface area contributed by atoms with Gasteiger partial charge in [0.25, 0.3) is 0 Å². The SMILES string of the molecule is CCOC(=O)c1csc(CN(C2CC2)S(=O)(=O)c2ccc3ccccc3c2)n1. The Bertz CT molecular complexity index is 1120. The van der Waals surface area contributed by atoms with E-state index in [2.05, 4.69) is 4.98 Å². The van der Waals surface area contributed by atoms with Crippen molar-refractivity contribution in [3.63, 3.8) is 0 Å². The van der Waals surface area contributed by atoms with E-state index in [0.29, 0.717) is 5.01 Å². The van der Waals surface area contributed by atoms with Crippen molar-refractivity contribution in [2.24, 2.45) is 0 Å². The Morgan fingerprint density at radius 1 is 1.21 bits per heavy atom. The standard InChI is InChI=1S/C20H20N2O4S2/c1-2-26-20(23)18-13-27-19(21-18)12-22(16-8-9-16)28(24,25)17-10-7-14-5-3-4-6-15(14)11-17/h3-7,10-11,13,16H,2,8-9,12H2,1H3. The van der Waals surface area contributed by atoms with E-state index < -0.39 is 16.0 Å². The molecule has 0 atom stereocenters. The third-order valence-electron chi connectivity index (χ3n) is 4.61. The van der Waals surface area contributed by atoms with Crippen LogP contribution in [0.1, 0.15) is 35.3 Å². The topological polar surface area (TPSA) is 76.6 Å². The zero-order valence-corrected chi connectivity index (χ0v) is 17.0. The molecule has 8 heteroatoms. The summed E-state index contributed by atoms with van der Waals surface area (Å²) in [7, 11) is -3.66. The number of sulfonamides is 1. The maximum atomic E-state index is 13.3. The van der Waals surface area contributed by atoms with Gasteiger partial charge in [-0.15, -0.1) is 11.3 Å². The van der Waals surface area contributed by atoms with Gasteiger partial charge in [0.2, 0.25) is 10.0 Å². The van der Waals surface area contributed by atoms with Crippen LogP contribution in [0.25, 0.3) is 10.8 Å². The highest BCUT2D eigenvalue weighted by Gasteiger charge is 2.38. The van der Waals surface area contributed by atoms with Gasteiger partial charge >= 0.3 is 5.97 Å². The van der Waals surface area contributed by atoms with E-state index in [-0.39, 0.29) is 29.8 Å². The smallest absolute Gasteiger partial charge is 0.357 e. The largest absolute Gasteiger partial charge is 0.461 e. The van der Waals surface area contributed by atoms with Crippen LogP contribution in [-0.4, -0.2) is 36.3 Å². The van der Waals surface area contributed by atoms with Crippen molar-refractivity contribution in [1.29, 1.82) is 0 Å². The highest BCUT2D eigenvalue weighted by atomic mass is 32.2. The first kappa shape index (κ1) is 19.0. The van der Waals surface area contributed by atoms with Crippen molar-refractivity contribution in [2.45, 2.75) is 37.2 Å². The van der Waals surface area contributed by atoms with Crippen LogP contribution in [0, 0.1) is 0 Å². The fourth-order valence-corrected chi connectivity index (χ4v) is 5.58. The lowest BCUT2D eigenvalue weighted by Gasteiger charge is -2.21.